The molecule has 0 saturated heterocycles. The monoisotopic (exact) mass is 512 g/mol. The van der Waals surface area contributed by atoms with Crippen LogP contribution in [-0.2, 0) is 38.3 Å². The SMILES string of the molecule is C=C(CS)C(=O)OCCc1cc(CCOC(=O)C(=C)CS)cc(-c2ccc(CCCCC)cc2)c1. The normalized spacial score (nSPS) is 10.6. The summed E-state index contributed by atoms with van der Waals surface area (Å²) in [6, 6.07) is 15.0. The van der Waals surface area contributed by atoms with Gasteiger partial charge in [-0.25, -0.2) is 9.59 Å². The molecule has 188 valence electrons. The largest absolute Gasteiger partial charge is 0.462 e. The number of carbonyl (C=O) groups excluding carboxylic acids is 2. The second-order valence-corrected chi connectivity index (χ2v) is 9.12. The fourth-order valence-electron chi connectivity index (χ4n) is 3.52. The fraction of sp³-hybridized carbons (Fsp3) is 0.379. The Morgan fingerprint density at radius 3 is 1.69 bits per heavy atom. The smallest absolute Gasteiger partial charge is 0.334 e. The molecule has 6 heteroatoms. The molecule has 0 heterocycles. The van der Waals surface area contributed by atoms with E-state index >= 15 is 0 Å². The Hall–Kier alpha value is -2.44. The highest BCUT2D eigenvalue weighted by molar-refractivity contribution is 7.80. The van der Waals surface area contributed by atoms with Gasteiger partial charge in [-0.3, -0.25) is 0 Å². The van der Waals surface area contributed by atoms with E-state index in [4.69, 9.17) is 9.47 Å². The average molecular weight is 513 g/mol. The molecule has 0 radical (unpaired) electrons. The van der Waals surface area contributed by atoms with Crippen molar-refractivity contribution in [2.45, 2.75) is 45.4 Å². The van der Waals surface area contributed by atoms with Gasteiger partial charge in [0, 0.05) is 35.5 Å². The average Bonchev–Trinajstić information content (AvgIpc) is 2.88. The van der Waals surface area contributed by atoms with Gasteiger partial charge in [0.1, 0.15) is 0 Å². The molecular formula is C29H36O4S2. The topological polar surface area (TPSA) is 52.6 Å². The van der Waals surface area contributed by atoms with Crippen LogP contribution in [0.15, 0.2) is 66.8 Å². The van der Waals surface area contributed by atoms with Crippen molar-refractivity contribution in [3.63, 3.8) is 0 Å². The van der Waals surface area contributed by atoms with E-state index in [2.05, 4.69) is 87.8 Å². The molecular weight excluding hydrogens is 476 g/mol. The van der Waals surface area contributed by atoms with E-state index in [1.54, 1.807) is 0 Å². The van der Waals surface area contributed by atoms with E-state index in [9.17, 15) is 9.59 Å². The van der Waals surface area contributed by atoms with Crippen LogP contribution in [0, 0.1) is 0 Å². The first-order chi connectivity index (χ1) is 16.9. The van der Waals surface area contributed by atoms with Crippen molar-refractivity contribution < 1.29 is 19.1 Å². The number of aryl methyl sites for hydroxylation is 1. The first-order valence-electron chi connectivity index (χ1n) is 12.0. The van der Waals surface area contributed by atoms with Gasteiger partial charge in [0.25, 0.3) is 0 Å². The molecule has 0 aromatic heterocycles. The number of benzene rings is 2. The van der Waals surface area contributed by atoms with Crippen molar-refractivity contribution in [3.8, 4) is 11.1 Å². The highest BCUT2D eigenvalue weighted by Gasteiger charge is 2.10. The maximum Gasteiger partial charge on any atom is 0.334 e. The van der Waals surface area contributed by atoms with E-state index in [1.165, 1.54) is 24.8 Å². The molecule has 0 aliphatic carbocycles. The Morgan fingerprint density at radius 2 is 1.23 bits per heavy atom. The molecule has 2 rings (SSSR count). The van der Waals surface area contributed by atoms with Crippen molar-refractivity contribution in [2.24, 2.45) is 0 Å². The summed E-state index contributed by atoms with van der Waals surface area (Å²) in [6.45, 7) is 10.0. The Balaban J connectivity index is 2.15. The summed E-state index contributed by atoms with van der Waals surface area (Å²) in [5.74, 6) is -0.311. The van der Waals surface area contributed by atoms with E-state index in [0.29, 0.717) is 24.0 Å². The molecule has 4 nitrogen and oxygen atoms in total. The lowest BCUT2D eigenvalue weighted by molar-refractivity contribution is -0.139. The van der Waals surface area contributed by atoms with E-state index < -0.39 is 11.9 Å². The zero-order chi connectivity index (χ0) is 25.6. The third-order valence-electron chi connectivity index (χ3n) is 5.62. The molecule has 0 atom stereocenters. The van der Waals surface area contributed by atoms with Crippen LogP contribution in [0.4, 0.5) is 0 Å². The highest BCUT2D eigenvalue weighted by Crippen LogP contribution is 2.24. The van der Waals surface area contributed by atoms with Gasteiger partial charge in [-0.05, 0) is 40.7 Å². The highest BCUT2D eigenvalue weighted by atomic mass is 32.1. The molecule has 0 N–H and O–H groups in total. The first-order valence-corrected chi connectivity index (χ1v) is 13.3. The molecule has 0 unspecified atom stereocenters. The molecule has 0 aliphatic heterocycles. The summed E-state index contributed by atoms with van der Waals surface area (Å²) in [5, 5.41) is 0. The number of ether oxygens (including phenoxy) is 2. The van der Waals surface area contributed by atoms with Crippen molar-refractivity contribution in [1.29, 1.82) is 0 Å². The Labute approximate surface area is 220 Å². The minimum atomic E-state index is -0.425. The van der Waals surface area contributed by atoms with Crippen molar-refractivity contribution >= 4 is 37.2 Å². The molecule has 35 heavy (non-hydrogen) atoms. The summed E-state index contributed by atoms with van der Waals surface area (Å²) >= 11 is 8.13. The van der Waals surface area contributed by atoms with Crippen molar-refractivity contribution in [1.82, 2.24) is 0 Å². The standard InChI is InChI=1S/C29H36O4S2/c1-4-5-6-7-23-8-10-26(11-9-23)27-17-24(12-14-32-28(30)21(2)19-34)16-25(18-27)13-15-33-29(31)22(3)20-35/h8-11,16-18,34-35H,2-7,12-15,19-20H2,1H3. The van der Waals surface area contributed by atoms with E-state index in [1.807, 2.05) is 0 Å². The van der Waals surface area contributed by atoms with Gasteiger partial charge >= 0.3 is 11.9 Å². The second-order valence-electron chi connectivity index (χ2n) is 8.49. The molecule has 2 aromatic rings. The number of esters is 2. The molecule has 0 saturated carbocycles. The maximum absolute atomic E-state index is 11.9. The number of unbranched alkanes of at least 4 members (excludes halogenated alkanes) is 2. The van der Waals surface area contributed by atoms with E-state index in [0.717, 1.165) is 28.7 Å². The van der Waals surface area contributed by atoms with Gasteiger partial charge in [0.15, 0.2) is 0 Å². The predicted octanol–water partition coefficient (Wildman–Crippen LogP) is 6.23. The van der Waals surface area contributed by atoms with Crippen LogP contribution in [-0.4, -0.2) is 36.7 Å². The van der Waals surface area contributed by atoms with Crippen molar-refractivity contribution in [3.05, 3.63) is 83.5 Å². The Kier molecular flexibility index (Phi) is 12.8. The summed E-state index contributed by atoms with van der Waals surface area (Å²) < 4.78 is 10.6. The summed E-state index contributed by atoms with van der Waals surface area (Å²) in [6.07, 6.45) is 5.88. The molecule has 2 aromatic carbocycles. The quantitative estimate of drug-likeness (QED) is 0.129. The fourth-order valence-corrected chi connectivity index (χ4v) is 3.78. The van der Waals surface area contributed by atoms with Gasteiger partial charge in [-0.15, -0.1) is 0 Å². The molecule has 0 bridgehead atoms. The zero-order valence-electron chi connectivity index (χ0n) is 20.6. The third-order valence-corrected chi connectivity index (χ3v) is 6.38. The van der Waals surface area contributed by atoms with Crippen LogP contribution in [0.5, 0.6) is 0 Å². The molecule has 0 aliphatic rings. The number of rotatable bonds is 15. The zero-order valence-corrected chi connectivity index (χ0v) is 22.3. The number of hydrogen-bond acceptors (Lipinski definition) is 6. The van der Waals surface area contributed by atoms with Crippen LogP contribution in [0.3, 0.4) is 0 Å². The van der Waals surface area contributed by atoms with Crippen LogP contribution in [0.2, 0.25) is 0 Å². The first kappa shape index (κ1) is 28.8. The van der Waals surface area contributed by atoms with Crippen LogP contribution < -0.4 is 0 Å². The lowest BCUT2D eigenvalue weighted by Crippen LogP contribution is -2.11. The molecule has 0 spiro atoms. The summed E-state index contributed by atoms with van der Waals surface area (Å²) in [4.78, 5) is 23.8. The van der Waals surface area contributed by atoms with Gasteiger partial charge in [-0.2, -0.15) is 25.3 Å². The number of hydrogen-bond donors (Lipinski definition) is 2. The predicted molar refractivity (Wildman–Crippen MR) is 150 cm³/mol. The minimum Gasteiger partial charge on any atom is -0.462 e. The van der Waals surface area contributed by atoms with Crippen molar-refractivity contribution in [2.75, 3.05) is 24.7 Å². The summed E-state index contributed by atoms with van der Waals surface area (Å²) in [7, 11) is 0. The second kappa shape index (κ2) is 15.5. The summed E-state index contributed by atoms with van der Waals surface area (Å²) in [5.41, 5.74) is 6.30. The van der Waals surface area contributed by atoms with Gasteiger partial charge in [0.2, 0.25) is 0 Å². The van der Waals surface area contributed by atoms with Crippen LogP contribution in [0.1, 0.15) is 42.9 Å². The lowest BCUT2D eigenvalue weighted by Gasteiger charge is -2.12. The Morgan fingerprint density at radius 1 is 0.714 bits per heavy atom. The molecule has 0 amide bonds. The van der Waals surface area contributed by atoms with E-state index in [-0.39, 0.29) is 24.7 Å². The van der Waals surface area contributed by atoms with Gasteiger partial charge < -0.3 is 9.47 Å². The lowest BCUT2D eigenvalue weighted by atomic mass is 9.96. The molecule has 0 fully saturated rings. The number of carbonyl (C=O) groups is 2. The van der Waals surface area contributed by atoms with Gasteiger partial charge in [0.05, 0.1) is 13.2 Å². The van der Waals surface area contributed by atoms with Crippen LogP contribution >= 0.6 is 25.3 Å². The Bertz CT molecular complexity index is 960. The van der Waals surface area contributed by atoms with Gasteiger partial charge in [-0.1, -0.05) is 75.4 Å². The third kappa shape index (κ3) is 9.98. The maximum atomic E-state index is 11.9. The number of thiol groups is 2. The minimum absolute atomic E-state index is 0.252. The van der Waals surface area contributed by atoms with Crippen LogP contribution in [0.25, 0.3) is 11.1 Å².